The molecule has 6 nitrogen and oxygen atoms in total. The fourth-order valence-corrected chi connectivity index (χ4v) is 4.46. The summed E-state index contributed by atoms with van der Waals surface area (Å²) in [5, 5.41) is 7.29. The van der Waals surface area contributed by atoms with Crippen LogP contribution in [0.2, 0.25) is 5.02 Å². The molecule has 2 aromatic rings. The van der Waals surface area contributed by atoms with Gasteiger partial charge in [-0.1, -0.05) is 50.6 Å². The maximum Gasteiger partial charge on any atom is 0.265 e. The number of hydrogen-bond donors (Lipinski definition) is 2. The summed E-state index contributed by atoms with van der Waals surface area (Å²) in [7, 11) is -3.59. The predicted octanol–water partition coefficient (Wildman–Crippen LogP) is 4.93. The minimum Gasteiger partial charge on any atom is -0.494 e. The van der Waals surface area contributed by atoms with E-state index in [1.807, 2.05) is 30.3 Å². The number of hydrogen-bond acceptors (Lipinski definition) is 6. The highest BCUT2D eigenvalue weighted by atomic mass is 35.5. The van der Waals surface area contributed by atoms with E-state index < -0.39 is 16.2 Å². The lowest BCUT2D eigenvalue weighted by Gasteiger charge is -2.21. The van der Waals surface area contributed by atoms with Crippen LogP contribution in [0.1, 0.15) is 50.0 Å². The van der Waals surface area contributed by atoms with E-state index in [2.05, 4.69) is 31.4 Å². The molecule has 0 saturated heterocycles. The molecular weight excluding hydrogens is 448 g/mol. The second-order valence-corrected chi connectivity index (χ2v) is 11.4. The highest BCUT2D eigenvalue weighted by Crippen LogP contribution is 2.35. The highest BCUT2D eigenvalue weighted by Gasteiger charge is 2.25. The van der Waals surface area contributed by atoms with E-state index in [-0.39, 0.29) is 5.41 Å². The number of nitrogens with one attached hydrogen (secondary N) is 2. The number of ether oxygens (including phenoxy) is 1. The Morgan fingerprint density at radius 1 is 1.16 bits per heavy atom. The molecule has 2 aromatic carbocycles. The topological polar surface area (TPSA) is 76.7 Å². The van der Waals surface area contributed by atoms with Crippen LogP contribution in [0.25, 0.3) is 0 Å². The van der Waals surface area contributed by atoms with E-state index in [1.165, 1.54) is 0 Å². The van der Waals surface area contributed by atoms with Gasteiger partial charge in [-0.2, -0.15) is 8.42 Å². The molecule has 0 amide bonds. The molecule has 0 fully saturated rings. The largest absolute Gasteiger partial charge is 0.494 e. The van der Waals surface area contributed by atoms with Gasteiger partial charge in [-0.15, -0.1) is 0 Å². The zero-order valence-corrected chi connectivity index (χ0v) is 20.8. The molecule has 8 heteroatoms. The van der Waals surface area contributed by atoms with Crippen molar-refractivity contribution in [3.05, 3.63) is 58.1 Å². The van der Waals surface area contributed by atoms with Crippen molar-refractivity contribution < 1.29 is 17.3 Å². The first-order valence-electron chi connectivity index (χ1n) is 10.9. The molecule has 1 aliphatic rings. The maximum absolute atomic E-state index is 11.7. The minimum atomic E-state index is -3.59. The third-order valence-electron chi connectivity index (χ3n) is 5.33. The molecule has 0 aliphatic carbocycles. The highest BCUT2D eigenvalue weighted by molar-refractivity contribution is 7.86. The van der Waals surface area contributed by atoms with E-state index in [0.29, 0.717) is 31.3 Å². The monoisotopic (exact) mass is 480 g/mol. The molecule has 3 rings (SSSR count). The molecule has 0 radical (unpaired) electrons. The van der Waals surface area contributed by atoms with Crippen LogP contribution in [0.4, 0.5) is 5.69 Å². The fourth-order valence-electron chi connectivity index (χ4n) is 3.62. The van der Waals surface area contributed by atoms with Gasteiger partial charge in [-0.3, -0.25) is 4.18 Å². The van der Waals surface area contributed by atoms with Crippen molar-refractivity contribution in [1.82, 2.24) is 5.32 Å². The van der Waals surface area contributed by atoms with Crippen LogP contribution in [-0.2, 0) is 27.3 Å². The molecule has 1 aliphatic heterocycles. The first kappa shape index (κ1) is 24.8. The van der Waals surface area contributed by atoms with Crippen LogP contribution in [0.5, 0.6) is 5.75 Å². The van der Waals surface area contributed by atoms with Crippen LogP contribution >= 0.6 is 11.6 Å². The summed E-state index contributed by atoms with van der Waals surface area (Å²) < 4.78 is 34.6. The molecule has 1 heterocycles. The van der Waals surface area contributed by atoms with Gasteiger partial charge in [-0.25, -0.2) is 0 Å². The molecule has 0 aromatic heterocycles. The molecule has 0 saturated carbocycles. The molecule has 0 bridgehead atoms. The van der Waals surface area contributed by atoms with Gasteiger partial charge in [0, 0.05) is 13.1 Å². The van der Waals surface area contributed by atoms with Gasteiger partial charge >= 0.3 is 0 Å². The van der Waals surface area contributed by atoms with Crippen molar-refractivity contribution >= 4 is 27.4 Å². The zero-order chi connectivity index (χ0) is 23.4. The van der Waals surface area contributed by atoms with Crippen molar-refractivity contribution in [2.45, 2.75) is 46.3 Å². The number of anilines is 1. The Morgan fingerprint density at radius 3 is 2.53 bits per heavy atom. The Morgan fingerprint density at radius 2 is 1.88 bits per heavy atom. The Balaban J connectivity index is 1.71. The molecule has 0 spiro atoms. The maximum atomic E-state index is 11.7. The molecule has 2 N–H and O–H groups in total. The Bertz CT molecular complexity index is 1020. The van der Waals surface area contributed by atoms with Crippen molar-refractivity contribution in [2.24, 2.45) is 5.41 Å². The molecule has 1 atom stereocenters. The molecular formula is C24H33ClN2O4S. The van der Waals surface area contributed by atoms with E-state index in [9.17, 15) is 8.42 Å². The summed E-state index contributed by atoms with van der Waals surface area (Å²) in [5.74, 6) is 0.858. The van der Waals surface area contributed by atoms with Crippen LogP contribution in [0.3, 0.4) is 0 Å². The number of halogens is 1. The first-order chi connectivity index (χ1) is 15.0. The van der Waals surface area contributed by atoms with Gasteiger partial charge in [0.05, 0.1) is 23.6 Å². The standard InChI is InChI=1S/C24H33ClN2O4S/c1-24(2,3)12-14-30-18-7-5-17(6-8-18)15-27-23-20-11-13-26-16-22(31-32(4,28)29)19(20)9-10-21(23)25/h5-10,22,26-27H,11-16H2,1-4H3. The number of benzene rings is 2. The van der Waals surface area contributed by atoms with Gasteiger partial charge in [0.25, 0.3) is 10.1 Å². The lowest BCUT2D eigenvalue weighted by Crippen LogP contribution is -2.23. The van der Waals surface area contributed by atoms with Gasteiger partial charge in [0.2, 0.25) is 0 Å². The smallest absolute Gasteiger partial charge is 0.265 e. The van der Waals surface area contributed by atoms with Crippen molar-refractivity contribution in [3.8, 4) is 5.75 Å². The number of rotatable bonds is 8. The van der Waals surface area contributed by atoms with E-state index in [4.69, 9.17) is 20.5 Å². The summed E-state index contributed by atoms with van der Waals surface area (Å²) in [6.07, 6.45) is 2.21. The van der Waals surface area contributed by atoms with Crippen molar-refractivity contribution in [3.63, 3.8) is 0 Å². The van der Waals surface area contributed by atoms with E-state index in [0.717, 1.165) is 47.2 Å². The molecule has 1 unspecified atom stereocenters. The van der Waals surface area contributed by atoms with Gasteiger partial charge in [0.1, 0.15) is 11.9 Å². The second kappa shape index (κ2) is 10.4. The minimum absolute atomic E-state index is 0.248. The normalized spacial score (nSPS) is 16.8. The first-order valence-corrected chi connectivity index (χ1v) is 13.1. The lowest BCUT2D eigenvalue weighted by molar-refractivity contribution is 0.215. The Labute approximate surface area is 196 Å². The van der Waals surface area contributed by atoms with Gasteiger partial charge in [-0.05, 0) is 59.7 Å². The van der Waals surface area contributed by atoms with Crippen molar-refractivity contribution in [2.75, 3.05) is 31.3 Å². The zero-order valence-electron chi connectivity index (χ0n) is 19.2. The second-order valence-electron chi connectivity index (χ2n) is 9.39. The number of fused-ring (bicyclic) bond motifs is 1. The van der Waals surface area contributed by atoms with E-state index >= 15 is 0 Å². The van der Waals surface area contributed by atoms with Crippen LogP contribution < -0.4 is 15.4 Å². The lowest BCUT2D eigenvalue weighted by atomic mass is 9.93. The van der Waals surface area contributed by atoms with E-state index in [1.54, 1.807) is 6.07 Å². The molecule has 32 heavy (non-hydrogen) atoms. The summed E-state index contributed by atoms with van der Waals surface area (Å²) in [5.41, 5.74) is 3.99. The summed E-state index contributed by atoms with van der Waals surface area (Å²) in [6.45, 7) is 9.02. The van der Waals surface area contributed by atoms with Crippen molar-refractivity contribution in [1.29, 1.82) is 0 Å². The Hall–Kier alpha value is -1.80. The Kier molecular flexibility index (Phi) is 8.09. The van der Waals surface area contributed by atoms with Crippen LogP contribution in [0.15, 0.2) is 36.4 Å². The summed E-state index contributed by atoms with van der Waals surface area (Å²) >= 11 is 6.52. The predicted molar refractivity (Wildman–Crippen MR) is 130 cm³/mol. The average Bonchev–Trinajstić information content (AvgIpc) is 2.88. The van der Waals surface area contributed by atoms with Crippen LogP contribution in [0, 0.1) is 5.41 Å². The molecule has 176 valence electrons. The van der Waals surface area contributed by atoms with Gasteiger partial charge in [0.15, 0.2) is 0 Å². The summed E-state index contributed by atoms with van der Waals surface area (Å²) in [4.78, 5) is 0. The average molecular weight is 481 g/mol. The van der Waals surface area contributed by atoms with Crippen LogP contribution in [-0.4, -0.2) is 34.4 Å². The fraction of sp³-hybridized carbons (Fsp3) is 0.500. The summed E-state index contributed by atoms with van der Waals surface area (Å²) in [6, 6.07) is 11.7. The quantitative estimate of drug-likeness (QED) is 0.522. The third-order valence-corrected chi connectivity index (χ3v) is 6.23. The SMILES string of the molecule is CC(C)(C)CCOc1ccc(CNc2c(Cl)ccc3c2CCNCC3OS(C)(=O)=O)cc1. The van der Waals surface area contributed by atoms with Gasteiger partial charge < -0.3 is 15.4 Å². The third kappa shape index (κ3) is 7.37.